The summed E-state index contributed by atoms with van der Waals surface area (Å²) in [6.45, 7) is 1.44. The molecule has 25 heavy (non-hydrogen) atoms. The summed E-state index contributed by atoms with van der Waals surface area (Å²) in [5, 5.41) is 0. The first kappa shape index (κ1) is 16.0. The maximum absolute atomic E-state index is 12.9. The Balaban J connectivity index is 1.46. The van der Waals surface area contributed by atoms with Crippen LogP contribution in [0.25, 0.3) is 0 Å². The number of hydrogen-bond acceptors (Lipinski definition) is 3. The molecule has 2 aliphatic rings. The van der Waals surface area contributed by atoms with Crippen molar-refractivity contribution in [3.8, 4) is 11.5 Å². The second-order valence-electron chi connectivity index (χ2n) is 6.89. The first-order valence-electron chi connectivity index (χ1n) is 8.90. The number of nitrogens with zero attached hydrogens (tertiary/aromatic N) is 1. The van der Waals surface area contributed by atoms with Gasteiger partial charge in [-0.1, -0.05) is 30.3 Å². The van der Waals surface area contributed by atoms with E-state index in [2.05, 4.69) is 18.2 Å². The maximum atomic E-state index is 12.9. The van der Waals surface area contributed by atoms with E-state index in [9.17, 15) is 4.79 Å². The summed E-state index contributed by atoms with van der Waals surface area (Å²) in [7, 11) is 1.60. The molecule has 4 heteroatoms. The number of para-hydroxylation sites is 2. The van der Waals surface area contributed by atoms with Gasteiger partial charge in [-0.25, -0.2) is 0 Å². The predicted molar refractivity (Wildman–Crippen MR) is 96.3 cm³/mol. The largest absolute Gasteiger partial charge is 0.496 e. The molecule has 4 nitrogen and oxygen atoms in total. The van der Waals surface area contributed by atoms with Crippen LogP contribution in [0.3, 0.4) is 0 Å². The predicted octanol–water partition coefficient (Wildman–Crippen LogP) is 3.70. The molecule has 0 atom stereocenters. The van der Waals surface area contributed by atoms with E-state index in [1.165, 1.54) is 5.56 Å². The van der Waals surface area contributed by atoms with Gasteiger partial charge in [0.25, 0.3) is 5.91 Å². The van der Waals surface area contributed by atoms with Gasteiger partial charge in [0.2, 0.25) is 0 Å². The fourth-order valence-corrected chi connectivity index (χ4v) is 3.92. The van der Waals surface area contributed by atoms with E-state index in [0.717, 1.165) is 44.5 Å². The number of carbonyl (C=O) groups is 1. The van der Waals surface area contributed by atoms with Gasteiger partial charge in [0.15, 0.2) is 0 Å². The number of ether oxygens (including phenoxy) is 2. The van der Waals surface area contributed by atoms with Crippen LogP contribution in [0.2, 0.25) is 0 Å². The van der Waals surface area contributed by atoms with E-state index >= 15 is 0 Å². The molecule has 1 fully saturated rings. The summed E-state index contributed by atoms with van der Waals surface area (Å²) in [5.41, 5.74) is 1.81. The van der Waals surface area contributed by atoms with Gasteiger partial charge in [-0.2, -0.15) is 0 Å². The molecular formula is C21H23NO3. The summed E-state index contributed by atoms with van der Waals surface area (Å²) in [4.78, 5) is 14.8. The summed E-state index contributed by atoms with van der Waals surface area (Å²) in [5.74, 6) is 1.69. The second-order valence-corrected chi connectivity index (χ2v) is 6.89. The lowest BCUT2D eigenvalue weighted by Crippen LogP contribution is -2.51. The number of fused-ring (bicyclic) bond motifs is 1. The zero-order valence-corrected chi connectivity index (χ0v) is 14.5. The molecule has 0 saturated carbocycles. The Morgan fingerprint density at radius 2 is 1.76 bits per heavy atom. The quantitative estimate of drug-likeness (QED) is 0.839. The topological polar surface area (TPSA) is 38.8 Å². The first-order valence-corrected chi connectivity index (χ1v) is 8.90. The number of amides is 1. The number of rotatable bonds is 2. The smallest absolute Gasteiger partial charge is 0.257 e. The van der Waals surface area contributed by atoms with Crippen molar-refractivity contribution < 1.29 is 14.3 Å². The van der Waals surface area contributed by atoms with Gasteiger partial charge < -0.3 is 14.4 Å². The molecule has 2 aromatic carbocycles. The number of aryl methyl sites for hydroxylation is 1. The monoisotopic (exact) mass is 337 g/mol. The molecule has 0 radical (unpaired) electrons. The van der Waals surface area contributed by atoms with Crippen LogP contribution in [-0.4, -0.2) is 36.6 Å². The summed E-state index contributed by atoms with van der Waals surface area (Å²) >= 11 is 0. The van der Waals surface area contributed by atoms with Crippen LogP contribution in [0.1, 0.15) is 35.2 Å². The number of piperidine rings is 1. The minimum atomic E-state index is -0.119. The highest BCUT2D eigenvalue weighted by atomic mass is 16.5. The van der Waals surface area contributed by atoms with Gasteiger partial charge in [0, 0.05) is 25.9 Å². The molecule has 2 heterocycles. The van der Waals surface area contributed by atoms with Crippen molar-refractivity contribution in [2.24, 2.45) is 0 Å². The zero-order valence-electron chi connectivity index (χ0n) is 14.5. The van der Waals surface area contributed by atoms with Crippen molar-refractivity contribution in [3.05, 3.63) is 59.7 Å². The highest BCUT2D eigenvalue weighted by Gasteiger charge is 2.40. The molecule has 0 bridgehead atoms. The fourth-order valence-electron chi connectivity index (χ4n) is 3.92. The third-order valence-electron chi connectivity index (χ3n) is 5.45. The molecular weight excluding hydrogens is 314 g/mol. The molecule has 1 spiro atoms. The average Bonchev–Trinajstić information content (AvgIpc) is 2.68. The van der Waals surface area contributed by atoms with Gasteiger partial charge in [-0.15, -0.1) is 0 Å². The van der Waals surface area contributed by atoms with Crippen molar-refractivity contribution in [1.29, 1.82) is 0 Å². The van der Waals surface area contributed by atoms with Crippen molar-refractivity contribution in [1.82, 2.24) is 4.90 Å². The molecule has 130 valence electrons. The number of methoxy groups -OCH3 is 1. The maximum Gasteiger partial charge on any atom is 0.257 e. The lowest BCUT2D eigenvalue weighted by molar-refractivity contribution is -0.0107. The Kier molecular flexibility index (Phi) is 4.12. The SMILES string of the molecule is COc1ccccc1C(=O)N1CCC2(CCc3ccccc3O2)CC1. The Morgan fingerprint density at radius 1 is 1.04 bits per heavy atom. The van der Waals surface area contributed by atoms with Crippen LogP contribution in [0.15, 0.2) is 48.5 Å². The first-order chi connectivity index (χ1) is 12.2. The number of carbonyl (C=O) groups excluding carboxylic acids is 1. The van der Waals surface area contributed by atoms with Crippen LogP contribution in [0.5, 0.6) is 11.5 Å². The molecule has 2 aliphatic heterocycles. The number of benzene rings is 2. The van der Waals surface area contributed by atoms with Crippen LogP contribution >= 0.6 is 0 Å². The van der Waals surface area contributed by atoms with E-state index < -0.39 is 0 Å². The normalized spacial score (nSPS) is 18.4. The van der Waals surface area contributed by atoms with Crippen LogP contribution < -0.4 is 9.47 Å². The zero-order chi connectivity index (χ0) is 17.3. The second kappa shape index (κ2) is 6.43. The lowest BCUT2D eigenvalue weighted by atomic mass is 9.83. The highest BCUT2D eigenvalue weighted by Crippen LogP contribution is 2.39. The molecule has 2 aromatic rings. The lowest BCUT2D eigenvalue weighted by Gasteiger charge is -2.44. The van der Waals surface area contributed by atoms with Gasteiger partial charge in [0.05, 0.1) is 12.7 Å². The van der Waals surface area contributed by atoms with E-state index in [-0.39, 0.29) is 11.5 Å². The number of likely N-dealkylation sites (tertiary alicyclic amines) is 1. The Labute approximate surface area is 148 Å². The summed E-state index contributed by atoms with van der Waals surface area (Å²) in [6, 6.07) is 15.7. The van der Waals surface area contributed by atoms with E-state index in [0.29, 0.717) is 11.3 Å². The van der Waals surface area contributed by atoms with Crippen LogP contribution in [-0.2, 0) is 6.42 Å². The molecule has 0 unspecified atom stereocenters. The summed E-state index contributed by atoms with van der Waals surface area (Å²) < 4.78 is 11.7. The van der Waals surface area contributed by atoms with Crippen molar-refractivity contribution in [2.45, 2.75) is 31.3 Å². The fraction of sp³-hybridized carbons (Fsp3) is 0.381. The minimum Gasteiger partial charge on any atom is -0.496 e. The van der Waals surface area contributed by atoms with Crippen LogP contribution in [0, 0.1) is 0 Å². The van der Waals surface area contributed by atoms with Gasteiger partial charge in [-0.05, 0) is 36.6 Å². The Morgan fingerprint density at radius 3 is 2.56 bits per heavy atom. The molecule has 1 saturated heterocycles. The third-order valence-corrected chi connectivity index (χ3v) is 5.45. The van der Waals surface area contributed by atoms with Gasteiger partial charge >= 0.3 is 0 Å². The van der Waals surface area contributed by atoms with E-state index in [1.54, 1.807) is 7.11 Å². The average molecular weight is 337 g/mol. The molecule has 0 aliphatic carbocycles. The number of hydrogen-bond donors (Lipinski definition) is 0. The molecule has 0 aromatic heterocycles. The van der Waals surface area contributed by atoms with Crippen molar-refractivity contribution in [3.63, 3.8) is 0 Å². The van der Waals surface area contributed by atoms with Gasteiger partial charge in [0.1, 0.15) is 17.1 Å². The highest BCUT2D eigenvalue weighted by molar-refractivity contribution is 5.97. The van der Waals surface area contributed by atoms with Crippen LogP contribution in [0.4, 0.5) is 0 Å². The van der Waals surface area contributed by atoms with Crippen molar-refractivity contribution in [2.75, 3.05) is 20.2 Å². The molecule has 4 rings (SSSR count). The van der Waals surface area contributed by atoms with Gasteiger partial charge in [-0.3, -0.25) is 4.79 Å². The van der Waals surface area contributed by atoms with Crippen molar-refractivity contribution >= 4 is 5.91 Å². The molecule has 1 amide bonds. The van der Waals surface area contributed by atoms with E-state index in [4.69, 9.17) is 9.47 Å². The Hall–Kier alpha value is -2.49. The molecule has 0 N–H and O–H groups in total. The van der Waals surface area contributed by atoms with E-state index in [1.807, 2.05) is 35.2 Å². The summed E-state index contributed by atoms with van der Waals surface area (Å²) in [6.07, 6.45) is 3.84. The standard InChI is InChI=1S/C21H23NO3/c1-24-19-9-5-3-7-17(19)20(23)22-14-12-21(13-15-22)11-10-16-6-2-4-8-18(16)25-21/h2-9H,10-15H2,1H3. The Bertz CT molecular complexity index is 778. The minimum absolute atomic E-state index is 0.0449. The third kappa shape index (κ3) is 2.97.